The quantitative estimate of drug-likeness (QED) is 0.792. The Morgan fingerprint density at radius 1 is 1.33 bits per heavy atom. The van der Waals surface area contributed by atoms with Crippen LogP contribution >= 0.6 is 0 Å². The highest BCUT2D eigenvalue weighted by molar-refractivity contribution is 5.57. The van der Waals surface area contributed by atoms with E-state index in [0.29, 0.717) is 12.2 Å². The van der Waals surface area contributed by atoms with Gasteiger partial charge in [-0.05, 0) is 57.0 Å². The van der Waals surface area contributed by atoms with Crippen LogP contribution in [0.5, 0.6) is 0 Å². The number of benzene rings is 1. The standard InChI is InChI=1S/C17H29FN2O/c1-7-8-19-14(4)15-10-16(18)12(2)9-17(15)20(5)13(3)11-21-6/h9-10,13-14,19H,7-8,11H2,1-6H3. The fourth-order valence-corrected chi connectivity index (χ4v) is 2.40. The molecule has 1 aromatic carbocycles. The molecule has 0 aromatic heterocycles. The summed E-state index contributed by atoms with van der Waals surface area (Å²) in [7, 11) is 3.74. The molecule has 3 nitrogen and oxygen atoms in total. The van der Waals surface area contributed by atoms with Crippen molar-refractivity contribution in [2.24, 2.45) is 0 Å². The van der Waals surface area contributed by atoms with Crippen molar-refractivity contribution < 1.29 is 9.13 Å². The van der Waals surface area contributed by atoms with E-state index in [1.165, 1.54) is 0 Å². The molecule has 2 atom stereocenters. The number of anilines is 1. The summed E-state index contributed by atoms with van der Waals surface area (Å²) < 4.78 is 19.2. The summed E-state index contributed by atoms with van der Waals surface area (Å²) >= 11 is 0. The van der Waals surface area contributed by atoms with Crippen molar-refractivity contribution in [3.63, 3.8) is 0 Å². The molecule has 1 rings (SSSR count). The zero-order valence-electron chi connectivity index (χ0n) is 14.2. The molecule has 0 radical (unpaired) electrons. The fraction of sp³-hybridized carbons (Fsp3) is 0.647. The van der Waals surface area contributed by atoms with Crippen LogP contribution in [-0.2, 0) is 4.74 Å². The molecule has 0 fully saturated rings. The van der Waals surface area contributed by atoms with Crippen LogP contribution in [0.25, 0.3) is 0 Å². The Morgan fingerprint density at radius 3 is 2.57 bits per heavy atom. The third kappa shape index (κ3) is 4.68. The van der Waals surface area contributed by atoms with Crippen LogP contribution in [0.15, 0.2) is 12.1 Å². The van der Waals surface area contributed by atoms with Crippen molar-refractivity contribution in [1.29, 1.82) is 0 Å². The molecule has 1 aromatic rings. The molecule has 0 heterocycles. The average Bonchev–Trinajstić information content (AvgIpc) is 2.46. The van der Waals surface area contributed by atoms with Crippen LogP contribution in [0.4, 0.5) is 10.1 Å². The monoisotopic (exact) mass is 296 g/mol. The van der Waals surface area contributed by atoms with Gasteiger partial charge in [0.05, 0.1) is 6.61 Å². The predicted molar refractivity (Wildman–Crippen MR) is 87.6 cm³/mol. The van der Waals surface area contributed by atoms with Crippen LogP contribution in [0, 0.1) is 12.7 Å². The smallest absolute Gasteiger partial charge is 0.126 e. The number of hydrogen-bond acceptors (Lipinski definition) is 3. The minimum Gasteiger partial charge on any atom is -0.383 e. The van der Waals surface area contributed by atoms with Crippen molar-refractivity contribution in [3.8, 4) is 0 Å². The van der Waals surface area contributed by atoms with E-state index in [0.717, 1.165) is 24.2 Å². The van der Waals surface area contributed by atoms with E-state index in [-0.39, 0.29) is 17.9 Å². The first kappa shape index (κ1) is 17.9. The van der Waals surface area contributed by atoms with E-state index in [4.69, 9.17) is 4.74 Å². The number of aryl methyl sites for hydroxylation is 1. The molecule has 21 heavy (non-hydrogen) atoms. The third-order valence-electron chi connectivity index (χ3n) is 3.92. The molecule has 0 saturated carbocycles. The Hall–Kier alpha value is -1.13. The maximum Gasteiger partial charge on any atom is 0.126 e. The highest BCUT2D eigenvalue weighted by Crippen LogP contribution is 2.30. The Kier molecular flexibility index (Phi) is 7.12. The van der Waals surface area contributed by atoms with Crippen LogP contribution in [0.2, 0.25) is 0 Å². The summed E-state index contributed by atoms with van der Waals surface area (Å²) in [5, 5.41) is 3.44. The Labute approximate surface area is 128 Å². The van der Waals surface area contributed by atoms with Crippen LogP contribution < -0.4 is 10.2 Å². The second-order valence-corrected chi connectivity index (χ2v) is 5.75. The fourth-order valence-electron chi connectivity index (χ4n) is 2.40. The lowest BCUT2D eigenvalue weighted by molar-refractivity contribution is 0.183. The number of ether oxygens (including phenoxy) is 1. The van der Waals surface area contributed by atoms with Gasteiger partial charge in [0, 0.05) is 31.9 Å². The van der Waals surface area contributed by atoms with E-state index < -0.39 is 0 Å². The number of nitrogens with one attached hydrogen (secondary N) is 1. The molecule has 0 bridgehead atoms. The predicted octanol–water partition coefficient (Wildman–Crippen LogP) is 3.67. The summed E-state index contributed by atoms with van der Waals surface area (Å²) in [5.74, 6) is -0.147. The summed E-state index contributed by atoms with van der Waals surface area (Å²) in [6.45, 7) is 9.69. The molecule has 0 aliphatic carbocycles. The van der Waals surface area contributed by atoms with Crippen molar-refractivity contribution in [2.75, 3.05) is 32.2 Å². The summed E-state index contributed by atoms with van der Waals surface area (Å²) in [5.41, 5.74) is 2.74. The van der Waals surface area contributed by atoms with E-state index in [1.54, 1.807) is 13.2 Å². The van der Waals surface area contributed by atoms with Gasteiger partial charge in [0.15, 0.2) is 0 Å². The van der Waals surface area contributed by atoms with Crippen molar-refractivity contribution in [2.45, 2.75) is 46.2 Å². The van der Waals surface area contributed by atoms with Gasteiger partial charge in [-0.2, -0.15) is 0 Å². The van der Waals surface area contributed by atoms with E-state index in [1.807, 2.05) is 20.0 Å². The Bertz CT molecular complexity index is 451. The number of methoxy groups -OCH3 is 1. The van der Waals surface area contributed by atoms with Crippen molar-refractivity contribution in [1.82, 2.24) is 5.32 Å². The number of nitrogens with zero attached hydrogens (tertiary/aromatic N) is 1. The number of halogens is 1. The Balaban J connectivity index is 3.12. The second kappa shape index (κ2) is 8.35. The molecule has 0 saturated heterocycles. The molecule has 0 aliphatic heterocycles. The third-order valence-corrected chi connectivity index (χ3v) is 3.92. The van der Waals surface area contributed by atoms with Crippen LogP contribution in [-0.4, -0.2) is 33.4 Å². The van der Waals surface area contributed by atoms with E-state index in [2.05, 4.69) is 31.0 Å². The normalized spacial score (nSPS) is 14.0. The first-order chi connectivity index (χ1) is 9.92. The van der Waals surface area contributed by atoms with Crippen LogP contribution in [0.3, 0.4) is 0 Å². The van der Waals surface area contributed by atoms with Gasteiger partial charge >= 0.3 is 0 Å². The molecule has 1 N–H and O–H groups in total. The molecule has 2 unspecified atom stereocenters. The molecule has 120 valence electrons. The molecule has 0 amide bonds. The molecule has 0 spiro atoms. The maximum absolute atomic E-state index is 14.0. The van der Waals surface area contributed by atoms with Gasteiger partial charge in [0.1, 0.15) is 5.82 Å². The van der Waals surface area contributed by atoms with Gasteiger partial charge in [-0.25, -0.2) is 4.39 Å². The van der Waals surface area contributed by atoms with Gasteiger partial charge < -0.3 is 15.0 Å². The number of hydrogen-bond donors (Lipinski definition) is 1. The topological polar surface area (TPSA) is 24.5 Å². The number of likely N-dealkylation sites (N-methyl/N-ethyl adjacent to an activating group) is 1. The Morgan fingerprint density at radius 2 is 2.00 bits per heavy atom. The average molecular weight is 296 g/mol. The summed E-state index contributed by atoms with van der Waals surface area (Å²) in [6.07, 6.45) is 1.06. The maximum atomic E-state index is 14.0. The highest BCUT2D eigenvalue weighted by Gasteiger charge is 2.19. The molecular weight excluding hydrogens is 267 g/mol. The summed E-state index contributed by atoms with van der Waals surface area (Å²) in [6, 6.07) is 3.94. The van der Waals surface area contributed by atoms with Crippen molar-refractivity contribution in [3.05, 3.63) is 29.1 Å². The molecule has 4 heteroatoms. The molecular formula is C17H29FN2O. The SMILES string of the molecule is CCCNC(C)c1cc(F)c(C)cc1N(C)C(C)COC. The van der Waals surface area contributed by atoms with E-state index in [9.17, 15) is 4.39 Å². The van der Waals surface area contributed by atoms with E-state index >= 15 is 0 Å². The van der Waals surface area contributed by atoms with Gasteiger partial charge in [-0.1, -0.05) is 6.92 Å². The minimum absolute atomic E-state index is 0.118. The van der Waals surface area contributed by atoms with Gasteiger partial charge in [0.2, 0.25) is 0 Å². The highest BCUT2D eigenvalue weighted by atomic mass is 19.1. The van der Waals surface area contributed by atoms with Gasteiger partial charge in [0.25, 0.3) is 0 Å². The zero-order valence-corrected chi connectivity index (χ0v) is 14.2. The molecule has 0 aliphatic rings. The minimum atomic E-state index is -0.147. The van der Waals surface area contributed by atoms with Crippen molar-refractivity contribution >= 4 is 5.69 Å². The first-order valence-electron chi connectivity index (χ1n) is 7.67. The summed E-state index contributed by atoms with van der Waals surface area (Å²) in [4.78, 5) is 2.16. The zero-order chi connectivity index (χ0) is 16.0. The van der Waals surface area contributed by atoms with Gasteiger partial charge in [-0.3, -0.25) is 0 Å². The largest absolute Gasteiger partial charge is 0.383 e. The van der Waals surface area contributed by atoms with Gasteiger partial charge in [-0.15, -0.1) is 0 Å². The lowest BCUT2D eigenvalue weighted by Gasteiger charge is -2.31. The first-order valence-corrected chi connectivity index (χ1v) is 7.67. The van der Waals surface area contributed by atoms with Crippen LogP contribution in [0.1, 0.15) is 44.4 Å². The number of rotatable bonds is 8. The lowest BCUT2D eigenvalue weighted by Crippen LogP contribution is -2.34. The lowest BCUT2D eigenvalue weighted by atomic mass is 10.0. The second-order valence-electron chi connectivity index (χ2n) is 5.75.